The molecule has 0 aliphatic carbocycles. The summed E-state index contributed by atoms with van der Waals surface area (Å²) in [6.07, 6.45) is 3.50. The van der Waals surface area contributed by atoms with E-state index in [-0.39, 0.29) is 18.0 Å². The largest absolute Gasteiger partial charge is 0.450 e. The van der Waals surface area contributed by atoms with Crippen molar-refractivity contribution in [3.05, 3.63) is 102 Å². The highest BCUT2D eigenvalue weighted by Crippen LogP contribution is 2.33. The molecule has 0 radical (unpaired) electrons. The lowest BCUT2D eigenvalue weighted by Gasteiger charge is -2.34. The first kappa shape index (κ1) is 28.3. The molecule has 0 spiro atoms. The van der Waals surface area contributed by atoms with Gasteiger partial charge in [0, 0.05) is 50.7 Å². The van der Waals surface area contributed by atoms with Crippen LogP contribution in [0.15, 0.2) is 85.2 Å². The van der Waals surface area contributed by atoms with Crippen LogP contribution < -0.4 is 5.32 Å². The second kappa shape index (κ2) is 12.6. The van der Waals surface area contributed by atoms with Crippen LogP contribution in [0.5, 0.6) is 0 Å². The van der Waals surface area contributed by atoms with E-state index in [1.165, 1.54) is 12.1 Å². The minimum Gasteiger partial charge on any atom is -0.450 e. The number of halogens is 1. The van der Waals surface area contributed by atoms with E-state index >= 15 is 0 Å². The van der Waals surface area contributed by atoms with Gasteiger partial charge in [-0.25, -0.2) is 24.1 Å². The second-order valence-corrected chi connectivity index (χ2v) is 10.6. The summed E-state index contributed by atoms with van der Waals surface area (Å²) in [4.78, 5) is 30.5. The highest BCUT2D eigenvalue weighted by molar-refractivity contribution is 5.80. The summed E-state index contributed by atoms with van der Waals surface area (Å²) in [6.45, 7) is 7.81. The Morgan fingerprint density at radius 3 is 2.51 bits per heavy atom. The van der Waals surface area contributed by atoms with Crippen LogP contribution in [0.3, 0.4) is 0 Å². The van der Waals surface area contributed by atoms with E-state index in [0.717, 1.165) is 47.7 Å². The molecule has 5 aromatic rings. The first-order valence-corrected chi connectivity index (χ1v) is 14.5. The topological polar surface area (TPSA) is 87.9 Å². The minimum atomic E-state index is -0.303. The third-order valence-corrected chi connectivity index (χ3v) is 7.66. The quantitative estimate of drug-likeness (QED) is 0.240. The summed E-state index contributed by atoms with van der Waals surface area (Å²) in [5.74, 6) is 0.204. The minimum absolute atomic E-state index is 0.0110. The highest BCUT2D eigenvalue weighted by Gasteiger charge is 2.23. The molecule has 0 saturated carbocycles. The summed E-state index contributed by atoms with van der Waals surface area (Å²) in [5, 5.41) is 3.41. The van der Waals surface area contributed by atoms with Gasteiger partial charge in [-0.1, -0.05) is 30.3 Å². The fraction of sp³-hybridized carbons (Fsp3) is 0.273. The van der Waals surface area contributed by atoms with Crippen LogP contribution in [0.4, 0.5) is 15.1 Å². The van der Waals surface area contributed by atoms with Crippen LogP contribution in [-0.4, -0.2) is 68.0 Å². The fourth-order valence-electron chi connectivity index (χ4n) is 5.38. The van der Waals surface area contributed by atoms with E-state index in [1.54, 1.807) is 23.2 Å². The Kier molecular flexibility index (Phi) is 8.28. The Balaban J connectivity index is 1.30. The molecule has 4 heterocycles. The number of pyridine rings is 1. The van der Waals surface area contributed by atoms with Gasteiger partial charge in [0.1, 0.15) is 11.5 Å². The molecule has 6 rings (SSSR count). The van der Waals surface area contributed by atoms with Gasteiger partial charge in [-0.2, -0.15) is 0 Å². The predicted molar refractivity (Wildman–Crippen MR) is 164 cm³/mol. The first-order chi connectivity index (χ1) is 21.0. The lowest BCUT2D eigenvalue weighted by atomic mass is 10.1. The zero-order valence-electron chi connectivity index (χ0n) is 24.3. The number of hydrogen-bond acceptors (Lipinski definition) is 7. The van der Waals surface area contributed by atoms with Gasteiger partial charge in [0.2, 0.25) is 5.95 Å². The number of nitrogens with zero attached hydrogens (tertiary/aromatic N) is 6. The van der Waals surface area contributed by atoms with Crippen LogP contribution in [0.1, 0.15) is 31.0 Å². The van der Waals surface area contributed by atoms with Gasteiger partial charge in [0.25, 0.3) is 0 Å². The van der Waals surface area contributed by atoms with Crippen LogP contribution in [0.2, 0.25) is 0 Å². The third-order valence-electron chi connectivity index (χ3n) is 7.66. The summed E-state index contributed by atoms with van der Waals surface area (Å²) in [7, 11) is 0. The molecule has 1 saturated heterocycles. The van der Waals surface area contributed by atoms with Crippen LogP contribution in [0, 0.1) is 5.82 Å². The number of aromatic nitrogens is 4. The number of imidazole rings is 1. The van der Waals surface area contributed by atoms with Gasteiger partial charge in [-0.05, 0) is 67.4 Å². The van der Waals surface area contributed by atoms with E-state index in [4.69, 9.17) is 14.7 Å². The number of carbonyl (C=O) groups excluding carboxylic acids is 1. The molecule has 43 heavy (non-hydrogen) atoms. The second-order valence-electron chi connectivity index (χ2n) is 10.6. The van der Waals surface area contributed by atoms with Crippen LogP contribution in [-0.2, 0) is 11.3 Å². The molecule has 1 amide bonds. The van der Waals surface area contributed by atoms with Crippen molar-refractivity contribution >= 4 is 17.7 Å². The Morgan fingerprint density at radius 2 is 1.77 bits per heavy atom. The molecular weight excluding hydrogens is 545 g/mol. The number of rotatable bonds is 8. The molecule has 220 valence electrons. The number of benzene rings is 2. The number of fused-ring (bicyclic) bond motifs is 1. The number of amides is 1. The molecule has 1 fully saturated rings. The van der Waals surface area contributed by atoms with E-state index in [2.05, 4.69) is 46.4 Å². The summed E-state index contributed by atoms with van der Waals surface area (Å²) < 4.78 is 21.0. The smallest absolute Gasteiger partial charge is 0.409 e. The third kappa shape index (κ3) is 6.34. The Bertz CT molecular complexity index is 1700. The maximum atomic E-state index is 13.8. The molecule has 1 aliphatic heterocycles. The number of ether oxygens (including phenoxy) is 1. The lowest BCUT2D eigenvalue weighted by Crippen LogP contribution is -2.48. The van der Waals surface area contributed by atoms with Gasteiger partial charge in [0.05, 0.1) is 29.7 Å². The summed E-state index contributed by atoms with van der Waals surface area (Å²) in [5.41, 5.74) is 6.02. The van der Waals surface area contributed by atoms with Gasteiger partial charge in [-0.3, -0.25) is 9.30 Å². The molecule has 1 atom stereocenters. The fourth-order valence-corrected chi connectivity index (χ4v) is 5.38. The maximum Gasteiger partial charge on any atom is 0.409 e. The summed E-state index contributed by atoms with van der Waals surface area (Å²) >= 11 is 0. The molecule has 9 nitrogen and oxygen atoms in total. The van der Waals surface area contributed by atoms with Crippen molar-refractivity contribution in [3.8, 4) is 22.6 Å². The average molecular weight is 580 g/mol. The molecule has 1 N–H and O–H groups in total. The zero-order chi connectivity index (χ0) is 29.8. The van der Waals surface area contributed by atoms with Gasteiger partial charge in [0.15, 0.2) is 0 Å². The van der Waals surface area contributed by atoms with Crippen LogP contribution >= 0.6 is 0 Å². The van der Waals surface area contributed by atoms with Gasteiger partial charge >= 0.3 is 6.09 Å². The molecule has 2 aromatic carbocycles. The number of nitrogens with one attached hydrogen (secondary N) is 1. The monoisotopic (exact) mass is 579 g/mol. The summed E-state index contributed by atoms with van der Waals surface area (Å²) in [6, 6.07) is 22.5. The number of carbonyl (C=O) groups is 1. The molecule has 0 bridgehead atoms. The number of piperazine rings is 1. The Morgan fingerprint density at radius 1 is 1.00 bits per heavy atom. The van der Waals surface area contributed by atoms with Crippen LogP contribution in [0.25, 0.3) is 28.3 Å². The molecule has 0 unspecified atom stereocenters. The highest BCUT2D eigenvalue weighted by atomic mass is 19.1. The SMILES string of the molecule is CCOC(=O)N1CCN(Cc2ccn3c(-c4ccnc(N[C@@H](C)c5ccccc5)n4)c(-c4ccc(F)cc4)nc3c2)CC1. The lowest BCUT2D eigenvalue weighted by molar-refractivity contribution is 0.0778. The normalized spacial score (nSPS) is 14.5. The molecule has 3 aromatic heterocycles. The van der Waals surface area contributed by atoms with Crippen molar-refractivity contribution in [3.63, 3.8) is 0 Å². The Hall–Kier alpha value is -4.83. The van der Waals surface area contributed by atoms with E-state index in [0.29, 0.717) is 37.0 Å². The van der Waals surface area contributed by atoms with Crippen molar-refractivity contribution in [1.29, 1.82) is 0 Å². The molecule has 10 heteroatoms. The van der Waals surface area contributed by atoms with E-state index < -0.39 is 0 Å². The van der Waals surface area contributed by atoms with E-state index in [9.17, 15) is 9.18 Å². The standard InChI is InChI=1S/C33H34FN7O2/c1-3-43-33(42)40-19-17-39(18-20-40)22-24-14-16-41-29(21-24)38-30(26-9-11-27(34)12-10-26)31(41)28-13-15-35-32(37-28)36-23(2)25-7-5-4-6-8-25/h4-16,21,23H,3,17-20,22H2,1-2H3,(H,35,36,37)/t23-/m0/s1. The van der Waals surface area contributed by atoms with Gasteiger partial charge < -0.3 is 15.0 Å². The number of hydrogen-bond donors (Lipinski definition) is 1. The number of anilines is 1. The van der Waals surface area contributed by atoms with Crippen molar-refractivity contribution in [2.24, 2.45) is 0 Å². The van der Waals surface area contributed by atoms with Crippen molar-refractivity contribution < 1.29 is 13.9 Å². The molecular formula is C33H34FN7O2. The molecule has 1 aliphatic rings. The van der Waals surface area contributed by atoms with Gasteiger partial charge in [-0.15, -0.1) is 0 Å². The van der Waals surface area contributed by atoms with Crippen molar-refractivity contribution in [2.75, 3.05) is 38.1 Å². The van der Waals surface area contributed by atoms with Crippen molar-refractivity contribution in [1.82, 2.24) is 29.2 Å². The first-order valence-electron chi connectivity index (χ1n) is 14.5. The van der Waals surface area contributed by atoms with Crippen molar-refractivity contribution in [2.45, 2.75) is 26.4 Å². The average Bonchev–Trinajstić information content (AvgIpc) is 3.41. The van der Waals surface area contributed by atoms with E-state index in [1.807, 2.05) is 41.8 Å². The maximum absolute atomic E-state index is 13.8. The zero-order valence-corrected chi connectivity index (χ0v) is 24.3. The predicted octanol–water partition coefficient (Wildman–Crippen LogP) is 6.04. The Labute approximate surface area is 250 Å².